The van der Waals surface area contributed by atoms with Crippen molar-refractivity contribution in [2.75, 3.05) is 6.54 Å². The van der Waals surface area contributed by atoms with Gasteiger partial charge in [-0.15, -0.1) is 0 Å². The van der Waals surface area contributed by atoms with E-state index < -0.39 is 29.0 Å². The first-order valence-corrected chi connectivity index (χ1v) is 9.00. The summed E-state index contributed by atoms with van der Waals surface area (Å²) >= 11 is 5.70. The quantitative estimate of drug-likeness (QED) is 0.346. The smallest absolute Gasteiger partial charge is 0.325 e. The first-order valence-electron chi connectivity index (χ1n) is 8.62. The fraction of sp³-hybridized carbons (Fsp3) is 0.158. The highest BCUT2D eigenvalue weighted by atomic mass is 35.5. The number of aryl methyl sites for hydroxylation is 1. The summed E-state index contributed by atoms with van der Waals surface area (Å²) in [7, 11) is 0. The summed E-state index contributed by atoms with van der Waals surface area (Å²) in [6, 6.07) is 8.71. The van der Waals surface area contributed by atoms with Crippen LogP contribution in [0.15, 0.2) is 41.2 Å². The lowest BCUT2D eigenvalue weighted by Gasteiger charge is -2.08. The maximum atomic E-state index is 12.1. The molecule has 3 rings (SSSR count). The normalized spacial score (nSPS) is 10.6. The van der Waals surface area contributed by atoms with Crippen molar-refractivity contribution in [2.24, 2.45) is 0 Å². The molecular weight excluding hydrogens is 416 g/mol. The fourth-order valence-corrected chi connectivity index (χ4v) is 2.86. The molecule has 154 valence electrons. The number of rotatable bonds is 6. The number of benzene rings is 2. The highest BCUT2D eigenvalue weighted by Gasteiger charge is 2.17. The number of ether oxygens (including phenoxy) is 1. The molecule has 1 aromatic heterocycles. The molecule has 11 heteroatoms. The van der Waals surface area contributed by atoms with Crippen molar-refractivity contribution in [1.82, 2.24) is 15.3 Å². The van der Waals surface area contributed by atoms with Gasteiger partial charge in [-0.2, -0.15) is 0 Å². The Morgan fingerprint density at radius 1 is 1.30 bits per heavy atom. The van der Waals surface area contributed by atoms with Gasteiger partial charge in [0.05, 0.1) is 15.8 Å². The van der Waals surface area contributed by atoms with E-state index in [0.29, 0.717) is 10.9 Å². The molecule has 0 spiro atoms. The number of hydrogen-bond donors (Lipinski definition) is 2. The van der Waals surface area contributed by atoms with Crippen molar-refractivity contribution in [3.63, 3.8) is 0 Å². The Morgan fingerprint density at radius 3 is 2.80 bits per heavy atom. The average Bonchev–Trinajstić information content (AvgIpc) is 2.71. The van der Waals surface area contributed by atoms with Crippen LogP contribution < -0.4 is 10.9 Å². The minimum atomic E-state index is -0.778. The molecule has 0 fully saturated rings. The number of amides is 1. The topological polar surface area (TPSA) is 144 Å². The summed E-state index contributed by atoms with van der Waals surface area (Å²) in [5, 5.41) is 13.5. The van der Waals surface area contributed by atoms with Crippen LogP contribution in [-0.2, 0) is 16.1 Å². The zero-order chi connectivity index (χ0) is 21.8. The largest absolute Gasteiger partial charge is 0.456 e. The van der Waals surface area contributed by atoms with Gasteiger partial charge in [-0.1, -0.05) is 23.7 Å². The number of carbonyl (C=O) groups excluding carboxylic acids is 2. The predicted octanol–water partition coefficient (Wildman–Crippen LogP) is 2.27. The van der Waals surface area contributed by atoms with E-state index in [1.54, 1.807) is 25.1 Å². The first-order chi connectivity index (χ1) is 14.3. The molecule has 0 unspecified atom stereocenters. The number of fused-ring (bicyclic) bond motifs is 1. The lowest BCUT2D eigenvalue weighted by Crippen LogP contribution is -2.30. The second-order valence-corrected chi connectivity index (χ2v) is 6.66. The SMILES string of the molecule is Cc1cccc2c(=O)[nH]c(COC(=O)CNC(=O)c3ccc(Cl)c([N+](=O)[O-])c3)nc12. The summed E-state index contributed by atoms with van der Waals surface area (Å²) in [5.41, 5.74) is 0.497. The lowest BCUT2D eigenvalue weighted by atomic mass is 10.1. The van der Waals surface area contributed by atoms with Gasteiger partial charge in [0, 0.05) is 11.6 Å². The van der Waals surface area contributed by atoms with Gasteiger partial charge in [0.25, 0.3) is 17.2 Å². The number of nitrogens with zero attached hydrogens (tertiary/aromatic N) is 2. The number of nitro groups is 1. The third-order valence-corrected chi connectivity index (χ3v) is 4.47. The number of para-hydroxylation sites is 1. The van der Waals surface area contributed by atoms with Gasteiger partial charge in [-0.25, -0.2) is 4.98 Å². The first kappa shape index (κ1) is 20.9. The Kier molecular flexibility index (Phi) is 6.07. The number of hydrogen-bond acceptors (Lipinski definition) is 7. The summed E-state index contributed by atoms with van der Waals surface area (Å²) in [6.07, 6.45) is 0. The molecular formula is C19H15ClN4O6. The Hall–Kier alpha value is -3.79. The van der Waals surface area contributed by atoms with Crippen LogP contribution in [0.1, 0.15) is 21.7 Å². The predicted molar refractivity (Wildman–Crippen MR) is 107 cm³/mol. The van der Waals surface area contributed by atoms with E-state index in [9.17, 15) is 24.5 Å². The summed E-state index contributed by atoms with van der Waals surface area (Å²) in [5.74, 6) is -1.33. The molecule has 0 saturated carbocycles. The van der Waals surface area contributed by atoms with E-state index >= 15 is 0 Å². The number of aromatic nitrogens is 2. The summed E-state index contributed by atoms with van der Waals surface area (Å²) in [6.45, 7) is 1.04. The van der Waals surface area contributed by atoms with E-state index in [-0.39, 0.29) is 28.6 Å². The van der Waals surface area contributed by atoms with Crippen LogP contribution in [0.4, 0.5) is 5.69 Å². The molecule has 3 aromatic rings. The number of carbonyl (C=O) groups is 2. The molecule has 0 saturated heterocycles. The number of H-pyrrole nitrogens is 1. The van der Waals surface area contributed by atoms with Crippen molar-refractivity contribution in [1.29, 1.82) is 0 Å². The highest BCUT2D eigenvalue weighted by molar-refractivity contribution is 6.32. The summed E-state index contributed by atoms with van der Waals surface area (Å²) < 4.78 is 5.02. The molecule has 0 aliphatic rings. The van der Waals surface area contributed by atoms with Crippen LogP contribution in [0, 0.1) is 17.0 Å². The van der Waals surface area contributed by atoms with Gasteiger partial charge in [0.2, 0.25) is 0 Å². The van der Waals surface area contributed by atoms with E-state index in [4.69, 9.17) is 16.3 Å². The minimum Gasteiger partial charge on any atom is -0.456 e. The van der Waals surface area contributed by atoms with Gasteiger partial charge in [-0.3, -0.25) is 24.5 Å². The van der Waals surface area contributed by atoms with Crippen molar-refractivity contribution < 1.29 is 19.2 Å². The molecule has 2 aromatic carbocycles. The minimum absolute atomic E-state index is 0.0325. The third kappa shape index (κ3) is 4.61. The number of nitro benzene ring substituents is 1. The van der Waals surface area contributed by atoms with Crippen LogP contribution in [0.3, 0.4) is 0 Å². The van der Waals surface area contributed by atoms with E-state index in [0.717, 1.165) is 11.6 Å². The average molecular weight is 431 g/mol. The fourth-order valence-electron chi connectivity index (χ4n) is 2.67. The van der Waals surface area contributed by atoms with Crippen molar-refractivity contribution in [2.45, 2.75) is 13.5 Å². The van der Waals surface area contributed by atoms with Crippen LogP contribution in [0.5, 0.6) is 0 Å². The molecule has 30 heavy (non-hydrogen) atoms. The van der Waals surface area contributed by atoms with E-state index in [1.807, 2.05) is 0 Å². The van der Waals surface area contributed by atoms with Gasteiger partial charge in [0.1, 0.15) is 24.0 Å². The number of esters is 1. The van der Waals surface area contributed by atoms with Crippen LogP contribution >= 0.6 is 11.6 Å². The highest BCUT2D eigenvalue weighted by Crippen LogP contribution is 2.24. The van der Waals surface area contributed by atoms with Crippen LogP contribution in [0.2, 0.25) is 5.02 Å². The zero-order valence-corrected chi connectivity index (χ0v) is 16.4. The van der Waals surface area contributed by atoms with Crippen molar-refractivity contribution in [3.05, 3.63) is 78.8 Å². The second kappa shape index (κ2) is 8.70. The molecule has 10 nitrogen and oxygen atoms in total. The molecule has 0 aliphatic carbocycles. The van der Waals surface area contributed by atoms with Gasteiger partial charge in [-0.05, 0) is 30.7 Å². The molecule has 1 heterocycles. The maximum absolute atomic E-state index is 12.1. The van der Waals surface area contributed by atoms with Crippen LogP contribution in [-0.4, -0.2) is 33.3 Å². The standard InChI is InChI=1S/C19H15ClN4O6/c1-10-3-2-4-12-17(10)22-15(23-19(12)27)9-30-16(25)8-21-18(26)11-5-6-13(20)14(7-11)24(28)29/h2-7H,8-9H2,1H3,(H,21,26)(H,22,23,27). The van der Waals surface area contributed by atoms with Gasteiger partial charge >= 0.3 is 5.97 Å². The monoisotopic (exact) mass is 430 g/mol. The third-order valence-electron chi connectivity index (χ3n) is 4.16. The van der Waals surface area contributed by atoms with E-state index in [1.165, 1.54) is 12.1 Å². The molecule has 0 atom stereocenters. The number of aromatic amines is 1. The second-order valence-electron chi connectivity index (χ2n) is 6.25. The Labute approximate surface area is 174 Å². The Balaban J connectivity index is 1.60. The summed E-state index contributed by atoms with van der Waals surface area (Å²) in [4.78, 5) is 53.1. The molecule has 0 aliphatic heterocycles. The van der Waals surface area contributed by atoms with Crippen molar-refractivity contribution >= 4 is 40.1 Å². The molecule has 0 radical (unpaired) electrons. The van der Waals surface area contributed by atoms with Crippen LogP contribution in [0.25, 0.3) is 10.9 Å². The molecule has 2 N–H and O–H groups in total. The molecule has 1 amide bonds. The zero-order valence-electron chi connectivity index (χ0n) is 15.6. The number of halogens is 1. The Bertz CT molecular complexity index is 1220. The lowest BCUT2D eigenvalue weighted by molar-refractivity contribution is -0.384. The van der Waals surface area contributed by atoms with E-state index in [2.05, 4.69) is 15.3 Å². The molecule has 0 bridgehead atoms. The van der Waals surface area contributed by atoms with Gasteiger partial charge in [0.15, 0.2) is 0 Å². The van der Waals surface area contributed by atoms with Gasteiger partial charge < -0.3 is 15.0 Å². The van der Waals surface area contributed by atoms with Crippen molar-refractivity contribution in [3.8, 4) is 0 Å². The Morgan fingerprint density at radius 2 is 2.07 bits per heavy atom. The number of nitrogens with one attached hydrogen (secondary N) is 2. The maximum Gasteiger partial charge on any atom is 0.325 e.